The van der Waals surface area contributed by atoms with E-state index in [1.54, 1.807) is 24.3 Å². The first-order chi connectivity index (χ1) is 10.1. The number of carbonyl (C=O) groups excluding carboxylic acids is 1. The van der Waals surface area contributed by atoms with Crippen LogP contribution in [0.1, 0.15) is 22.7 Å². The van der Waals surface area contributed by atoms with Crippen LogP contribution in [0.25, 0.3) is 0 Å². The molecule has 2 aromatic carbocycles. The van der Waals surface area contributed by atoms with E-state index in [1.807, 2.05) is 6.07 Å². The summed E-state index contributed by atoms with van der Waals surface area (Å²) in [5.41, 5.74) is 8.92. The maximum Gasteiger partial charge on any atom is 0.228 e. The fourth-order valence-corrected chi connectivity index (χ4v) is 2.61. The van der Waals surface area contributed by atoms with Crippen LogP contribution in [0.3, 0.4) is 0 Å². The van der Waals surface area contributed by atoms with Crippen molar-refractivity contribution < 1.29 is 13.9 Å². The summed E-state index contributed by atoms with van der Waals surface area (Å²) >= 11 is 0. The van der Waals surface area contributed by atoms with E-state index in [4.69, 9.17) is 10.5 Å². The average Bonchev–Trinajstić information content (AvgIpc) is 2.85. The molecule has 0 saturated heterocycles. The number of nitrogens with two attached hydrogens (primary N) is 1. The van der Waals surface area contributed by atoms with Crippen LogP contribution in [0.4, 0.5) is 10.1 Å². The fourth-order valence-electron chi connectivity index (χ4n) is 2.61. The standard InChI is InChI=1S/C16H15FN2O2/c1-21-13-4-2-3-11(17)15(13)16(18)9-5-6-12-10(7-9)8-14(20)19-12/h2-7,16H,8,18H2,1H3,(H,19,20). The van der Waals surface area contributed by atoms with E-state index >= 15 is 0 Å². The Kier molecular flexibility index (Phi) is 3.35. The number of rotatable bonds is 3. The van der Waals surface area contributed by atoms with Gasteiger partial charge in [-0.2, -0.15) is 0 Å². The van der Waals surface area contributed by atoms with Crippen LogP contribution in [0.2, 0.25) is 0 Å². The van der Waals surface area contributed by atoms with Crippen molar-refractivity contribution in [3.05, 3.63) is 58.9 Å². The monoisotopic (exact) mass is 286 g/mol. The van der Waals surface area contributed by atoms with E-state index in [0.717, 1.165) is 16.8 Å². The Balaban J connectivity index is 2.02. The maximum atomic E-state index is 14.1. The van der Waals surface area contributed by atoms with Crippen molar-refractivity contribution in [2.75, 3.05) is 12.4 Å². The summed E-state index contributed by atoms with van der Waals surface area (Å²) in [6.07, 6.45) is 0.324. The molecule has 0 fully saturated rings. The summed E-state index contributed by atoms with van der Waals surface area (Å²) in [5, 5.41) is 2.76. The van der Waals surface area contributed by atoms with Gasteiger partial charge in [0.05, 0.1) is 25.1 Å². The zero-order valence-electron chi connectivity index (χ0n) is 11.5. The fraction of sp³-hybridized carbons (Fsp3) is 0.188. The third-order valence-electron chi connectivity index (χ3n) is 3.66. The molecular weight excluding hydrogens is 271 g/mol. The number of anilines is 1. The Labute approximate surface area is 121 Å². The van der Waals surface area contributed by atoms with Gasteiger partial charge in [0.15, 0.2) is 0 Å². The van der Waals surface area contributed by atoms with Gasteiger partial charge in [-0.3, -0.25) is 4.79 Å². The van der Waals surface area contributed by atoms with Gasteiger partial charge in [-0.15, -0.1) is 0 Å². The van der Waals surface area contributed by atoms with Gasteiger partial charge < -0.3 is 15.8 Å². The van der Waals surface area contributed by atoms with Crippen LogP contribution in [0.15, 0.2) is 36.4 Å². The summed E-state index contributed by atoms with van der Waals surface area (Å²) in [4.78, 5) is 11.4. The number of benzene rings is 2. The number of carbonyl (C=O) groups is 1. The summed E-state index contributed by atoms with van der Waals surface area (Å²) in [6.45, 7) is 0. The summed E-state index contributed by atoms with van der Waals surface area (Å²) in [5.74, 6) is -0.0343. The Morgan fingerprint density at radius 2 is 2.14 bits per heavy atom. The first-order valence-electron chi connectivity index (χ1n) is 6.61. The third-order valence-corrected chi connectivity index (χ3v) is 3.66. The second kappa shape index (κ2) is 5.18. The Hall–Kier alpha value is -2.40. The minimum absolute atomic E-state index is 0.0424. The van der Waals surface area contributed by atoms with E-state index in [-0.39, 0.29) is 5.91 Å². The molecule has 2 aromatic rings. The molecule has 5 heteroatoms. The van der Waals surface area contributed by atoms with Gasteiger partial charge in [-0.25, -0.2) is 4.39 Å². The number of methoxy groups -OCH3 is 1. The second-order valence-corrected chi connectivity index (χ2v) is 4.97. The highest BCUT2D eigenvalue weighted by Crippen LogP contribution is 2.33. The first kappa shape index (κ1) is 13.6. The molecule has 3 rings (SSSR count). The van der Waals surface area contributed by atoms with Crippen molar-refractivity contribution in [1.82, 2.24) is 0 Å². The Bertz CT molecular complexity index is 715. The van der Waals surface area contributed by atoms with Crippen molar-refractivity contribution in [2.24, 2.45) is 5.73 Å². The smallest absolute Gasteiger partial charge is 0.228 e. The number of hydrogen-bond donors (Lipinski definition) is 2. The molecule has 0 bridgehead atoms. The largest absolute Gasteiger partial charge is 0.496 e. The molecule has 4 nitrogen and oxygen atoms in total. The van der Waals surface area contributed by atoms with Crippen molar-refractivity contribution in [1.29, 1.82) is 0 Å². The van der Waals surface area contributed by atoms with Crippen LogP contribution in [-0.4, -0.2) is 13.0 Å². The minimum atomic E-state index is -0.651. The lowest BCUT2D eigenvalue weighted by molar-refractivity contribution is -0.115. The van der Waals surface area contributed by atoms with Gasteiger partial charge in [0.2, 0.25) is 5.91 Å². The molecule has 108 valence electrons. The Morgan fingerprint density at radius 3 is 2.90 bits per heavy atom. The molecule has 1 aliphatic heterocycles. The van der Waals surface area contributed by atoms with Crippen LogP contribution >= 0.6 is 0 Å². The summed E-state index contributed by atoms with van der Waals surface area (Å²) < 4.78 is 19.3. The van der Waals surface area contributed by atoms with Crippen molar-refractivity contribution in [3.8, 4) is 5.75 Å². The van der Waals surface area contributed by atoms with Gasteiger partial charge in [0.1, 0.15) is 11.6 Å². The van der Waals surface area contributed by atoms with E-state index in [1.165, 1.54) is 13.2 Å². The quantitative estimate of drug-likeness (QED) is 0.910. The molecule has 0 aliphatic carbocycles. The van der Waals surface area contributed by atoms with Gasteiger partial charge >= 0.3 is 0 Å². The zero-order chi connectivity index (χ0) is 15.0. The second-order valence-electron chi connectivity index (χ2n) is 4.97. The lowest BCUT2D eigenvalue weighted by atomic mass is 9.96. The zero-order valence-corrected chi connectivity index (χ0v) is 11.5. The van der Waals surface area contributed by atoms with E-state index in [0.29, 0.717) is 17.7 Å². The summed E-state index contributed by atoms with van der Waals surface area (Å²) in [6, 6.07) is 9.39. The van der Waals surface area contributed by atoms with Crippen LogP contribution < -0.4 is 15.8 Å². The summed E-state index contributed by atoms with van der Waals surface area (Å²) in [7, 11) is 1.48. The van der Waals surface area contributed by atoms with Crippen LogP contribution in [0, 0.1) is 5.82 Å². The van der Waals surface area contributed by atoms with Crippen molar-refractivity contribution >= 4 is 11.6 Å². The molecule has 3 N–H and O–H groups in total. The molecule has 1 unspecified atom stereocenters. The van der Waals surface area contributed by atoms with Gasteiger partial charge in [0, 0.05) is 5.69 Å². The van der Waals surface area contributed by atoms with E-state index in [2.05, 4.69) is 5.32 Å². The highest BCUT2D eigenvalue weighted by atomic mass is 19.1. The maximum absolute atomic E-state index is 14.1. The third kappa shape index (κ3) is 2.36. The normalized spacial score (nSPS) is 14.5. The molecule has 0 saturated carbocycles. The Morgan fingerprint density at radius 1 is 1.33 bits per heavy atom. The predicted octanol–water partition coefficient (Wildman–Crippen LogP) is 2.38. The number of fused-ring (bicyclic) bond motifs is 1. The van der Waals surface area contributed by atoms with Crippen molar-refractivity contribution in [3.63, 3.8) is 0 Å². The lowest BCUT2D eigenvalue weighted by Crippen LogP contribution is -2.15. The highest BCUT2D eigenvalue weighted by Gasteiger charge is 2.22. The predicted molar refractivity (Wildman–Crippen MR) is 77.8 cm³/mol. The average molecular weight is 286 g/mol. The molecule has 0 aromatic heterocycles. The molecule has 21 heavy (non-hydrogen) atoms. The molecule has 1 atom stereocenters. The number of hydrogen-bond acceptors (Lipinski definition) is 3. The van der Waals surface area contributed by atoms with Crippen LogP contribution in [-0.2, 0) is 11.2 Å². The molecule has 0 spiro atoms. The number of nitrogens with one attached hydrogen (secondary N) is 1. The molecular formula is C16H15FN2O2. The molecule has 1 aliphatic rings. The number of amides is 1. The van der Waals surface area contributed by atoms with E-state index < -0.39 is 11.9 Å². The number of ether oxygens (including phenoxy) is 1. The topological polar surface area (TPSA) is 64.3 Å². The molecule has 1 heterocycles. The molecule has 0 radical (unpaired) electrons. The van der Waals surface area contributed by atoms with Crippen LogP contribution in [0.5, 0.6) is 5.75 Å². The molecule has 1 amide bonds. The van der Waals surface area contributed by atoms with Gasteiger partial charge in [0.25, 0.3) is 0 Å². The van der Waals surface area contributed by atoms with E-state index in [9.17, 15) is 9.18 Å². The lowest BCUT2D eigenvalue weighted by Gasteiger charge is -2.17. The minimum Gasteiger partial charge on any atom is -0.496 e. The van der Waals surface area contributed by atoms with Gasteiger partial charge in [-0.1, -0.05) is 18.2 Å². The number of halogens is 1. The highest BCUT2D eigenvalue weighted by molar-refractivity contribution is 5.99. The SMILES string of the molecule is COc1cccc(F)c1C(N)c1ccc2c(c1)CC(=O)N2. The van der Waals surface area contributed by atoms with Gasteiger partial charge in [-0.05, 0) is 29.3 Å². The first-order valence-corrected chi connectivity index (χ1v) is 6.61. The van der Waals surface area contributed by atoms with Crippen molar-refractivity contribution in [2.45, 2.75) is 12.5 Å².